The summed E-state index contributed by atoms with van der Waals surface area (Å²) < 4.78 is 24.4. The molecule has 1 fully saturated rings. The fourth-order valence-corrected chi connectivity index (χ4v) is 2.92. The molecule has 0 radical (unpaired) electrons. The number of rotatable bonds is 6. The zero-order chi connectivity index (χ0) is 15.9. The second-order valence-electron chi connectivity index (χ2n) is 6.51. The van der Waals surface area contributed by atoms with Gasteiger partial charge in [0.05, 0.1) is 12.8 Å². The molecule has 1 aliphatic rings. The van der Waals surface area contributed by atoms with Crippen LogP contribution in [0.25, 0.3) is 0 Å². The molecule has 7 heteroatoms. The molecule has 0 unspecified atom stereocenters. The van der Waals surface area contributed by atoms with Crippen LogP contribution in [0.1, 0.15) is 46.5 Å². The second-order valence-corrected chi connectivity index (χ2v) is 8.34. The van der Waals surface area contributed by atoms with Crippen LogP contribution >= 0.6 is 0 Å². The van der Waals surface area contributed by atoms with Gasteiger partial charge in [-0.05, 0) is 38.0 Å². The maximum absolute atomic E-state index is 11.0. The van der Waals surface area contributed by atoms with Crippen molar-refractivity contribution >= 4 is 16.0 Å². The highest BCUT2D eigenvalue weighted by Gasteiger charge is 2.27. The standard InChI is InChI=1S/C14H30N4O2S/c1-5-15-13(16-10-11-17-21(4,19)20)18-12-6-8-14(2,3)9-7-12/h12,17H,5-11H2,1-4H3,(H2,15,16,18). The molecule has 0 amide bonds. The third-order valence-corrected chi connectivity index (χ3v) is 4.50. The summed E-state index contributed by atoms with van der Waals surface area (Å²) in [6, 6.07) is 0.457. The molecule has 0 aromatic carbocycles. The van der Waals surface area contributed by atoms with Crippen molar-refractivity contribution in [3.05, 3.63) is 0 Å². The van der Waals surface area contributed by atoms with Crippen molar-refractivity contribution in [1.82, 2.24) is 15.4 Å². The number of guanidine groups is 1. The summed E-state index contributed by atoms with van der Waals surface area (Å²) in [7, 11) is -3.13. The average Bonchev–Trinajstić information content (AvgIpc) is 2.36. The Kier molecular flexibility index (Phi) is 6.93. The van der Waals surface area contributed by atoms with Gasteiger partial charge in [-0.3, -0.25) is 4.99 Å². The Hall–Kier alpha value is -0.820. The van der Waals surface area contributed by atoms with E-state index in [0.717, 1.165) is 31.6 Å². The van der Waals surface area contributed by atoms with Crippen LogP contribution in [-0.2, 0) is 10.0 Å². The van der Waals surface area contributed by atoms with Crippen molar-refractivity contribution in [2.24, 2.45) is 10.4 Å². The molecule has 1 saturated carbocycles. The number of hydrogen-bond acceptors (Lipinski definition) is 3. The number of aliphatic imine (C=N–C) groups is 1. The smallest absolute Gasteiger partial charge is 0.208 e. The Morgan fingerprint density at radius 1 is 1.29 bits per heavy atom. The molecular formula is C14H30N4O2S. The van der Waals surface area contributed by atoms with Crippen molar-refractivity contribution in [3.63, 3.8) is 0 Å². The predicted octanol–water partition coefficient (Wildman–Crippen LogP) is 1.06. The minimum atomic E-state index is -3.13. The van der Waals surface area contributed by atoms with E-state index in [1.807, 2.05) is 6.92 Å². The van der Waals surface area contributed by atoms with E-state index in [4.69, 9.17) is 0 Å². The number of nitrogens with zero attached hydrogens (tertiary/aromatic N) is 1. The van der Waals surface area contributed by atoms with E-state index in [1.54, 1.807) is 0 Å². The van der Waals surface area contributed by atoms with Crippen LogP contribution < -0.4 is 15.4 Å². The summed E-state index contributed by atoms with van der Waals surface area (Å²) in [4.78, 5) is 4.41. The van der Waals surface area contributed by atoms with Gasteiger partial charge < -0.3 is 10.6 Å². The van der Waals surface area contributed by atoms with Crippen LogP contribution in [0.3, 0.4) is 0 Å². The number of sulfonamides is 1. The first-order chi connectivity index (χ1) is 9.72. The van der Waals surface area contributed by atoms with E-state index < -0.39 is 10.0 Å². The van der Waals surface area contributed by atoms with Gasteiger partial charge in [0.2, 0.25) is 10.0 Å². The fourth-order valence-electron chi connectivity index (χ4n) is 2.46. The van der Waals surface area contributed by atoms with Crippen LogP contribution in [-0.4, -0.2) is 46.3 Å². The molecule has 0 aromatic rings. The first kappa shape index (κ1) is 18.2. The first-order valence-electron chi connectivity index (χ1n) is 7.71. The zero-order valence-corrected chi connectivity index (χ0v) is 14.5. The summed E-state index contributed by atoms with van der Waals surface area (Å²) in [6.45, 7) is 8.21. The quantitative estimate of drug-likeness (QED) is 0.388. The first-order valence-corrected chi connectivity index (χ1v) is 9.60. The van der Waals surface area contributed by atoms with E-state index >= 15 is 0 Å². The largest absolute Gasteiger partial charge is 0.357 e. The topological polar surface area (TPSA) is 82.6 Å². The van der Waals surface area contributed by atoms with Crippen molar-refractivity contribution in [2.75, 3.05) is 25.9 Å². The predicted molar refractivity (Wildman–Crippen MR) is 88.0 cm³/mol. The Balaban J connectivity index is 2.42. The molecule has 6 nitrogen and oxygen atoms in total. The van der Waals surface area contributed by atoms with Gasteiger partial charge in [-0.25, -0.2) is 13.1 Å². The third kappa shape index (κ3) is 8.26. The summed E-state index contributed by atoms with van der Waals surface area (Å²) in [5.41, 5.74) is 0.451. The summed E-state index contributed by atoms with van der Waals surface area (Å²) >= 11 is 0. The van der Waals surface area contributed by atoms with Crippen LogP contribution in [0.2, 0.25) is 0 Å². The van der Waals surface area contributed by atoms with E-state index in [9.17, 15) is 8.42 Å². The van der Waals surface area contributed by atoms with Crippen LogP contribution in [0.4, 0.5) is 0 Å². The maximum atomic E-state index is 11.0. The minimum Gasteiger partial charge on any atom is -0.357 e. The molecule has 3 N–H and O–H groups in total. The van der Waals surface area contributed by atoms with Crippen molar-refractivity contribution < 1.29 is 8.42 Å². The van der Waals surface area contributed by atoms with Gasteiger partial charge in [0.25, 0.3) is 0 Å². The van der Waals surface area contributed by atoms with Gasteiger partial charge in [-0.1, -0.05) is 13.8 Å². The molecule has 21 heavy (non-hydrogen) atoms. The normalized spacial score (nSPS) is 20.3. The van der Waals surface area contributed by atoms with Crippen molar-refractivity contribution in [1.29, 1.82) is 0 Å². The lowest BCUT2D eigenvalue weighted by Gasteiger charge is -2.35. The Morgan fingerprint density at radius 2 is 1.90 bits per heavy atom. The molecule has 0 heterocycles. The number of hydrogen-bond donors (Lipinski definition) is 3. The summed E-state index contributed by atoms with van der Waals surface area (Å²) in [5, 5.41) is 6.66. The van der Waals surface area contributed by atoms with E-state index in [2.05, 4.69) is 34.2 Å². The molecule has 0 aromatic heterocycles. The molecule has 1 aliphatic carbocycles. The van der Waals surface area contributed by atoms with Gasteiger partial charge in [0.15, 0.2) is 5.96 Å². The van der Waals surface area contributed by atoms with Crippen LogP contribution in [0, 0.1) is 5.41 Å². The lowest BCUT2D eigenvalue weighted by molar-refractivity contribution is 0.216. The summed E-state index contributed by atoms with van der Waals surface area (Å²) in [6.07, 6.45) is 5.90. The zero-order valence-electron chi connectivity index (χ0n) is 13.7. The van der Waals surface area contributed by atoms with Crippen molar-refractivity contribution in [2.45, 2.75) is 52.5 Å². The highest BCUT2D eigenvalue weighted by Crippen LogP contribution is 2.34. The SMILES string of the molecule is CCNC(=NCCNS(C)(=O)=O)NC1CCC(C)(C)CC1. The Morgan fingerprint density at radius 3 is 2.43 bits per heavy atom. The Labute approximate surface area is 129 Å². The lowest BCUT2D eigenvalue weighted by atomic mass is 9.75. The molecule has 0 bridgehead atoms. The van der Waals surface area contributed by atoms with Crippen LogP contribution in [0.15, 0.2) is 4.99 Å². The van der Waals surface area contributed by atoms with E-state index in [-0.39, 0.29) is 0 Å². The molecule has 0 spiro atoms. The number of nitrogens with one attached hydrogen (secondary N) is 3. The van der Waals surface area contributed by atoms with Gasteiger partial charge in [-0.15, -0.1) is 0 Å². The maximum Gasteiger partial charge on any atom is 0.208 e. The minimum absolute atomic E-state index is 0.326. The van der Waals surface area contributed by atoms with Gasteiger partial charge in [0, 0.05) is 19.1 Å². The molecule has 0 aliphatic heterocycles. The lowest BCUT2D eigenvalue weighted by Crippen LogP contribution is -2.46. The van der Waals surface area contributed by atoms with E-state index in [0.29, 0.717) is 24.5 Å². The highest BCUT2D eigenvalue weighted by molar-refractivity contribution is 7.88. The monoisotopic (exact) mass is 318 g/mol. The van der Waals surface area contributed by atoms with Crippen LogP contribution in [0.5, 0.6) is 0 Å². The van der Waals surface area contributed by atoms with Gasteiger partial charge in [-0.2, -0.15) is 0 Å². The summed E-state index contributed by atoms with van der Waals surface area (Å²) in [5.74, 6) is 0.775. The Bertz CT molecular complexity index is 436. The fraction of sp³-hybridized carbons (Fsp3) is 0.929. The second kappa shape index (κ2) is 7.98. The van der Waals surface area contributed by atoms with Crippen molar-refractivity contribution in [3.8, 4) is 0 Å². The average molecular weight is 318 g/mol. The van der Waals surface area contributed by atoms with E-state index in [1.165, 1.54) is 12.8 Å². The molecule has 0 atom stereocenters. The van der Waals surface area contributed by atoms with Gasteiger partial charge in [0.1, 0.15) is 0 Å². The molecule has 1 rings (SSSR count). The third-order valence-electron chi connectivity index (χ3n) is 3.77. The molecule has 124 valence electrons. The van der Waals surface area contributed by atoms with Gasteiger partial charge >= 0.3 is 0 Å². The molecule has 0 saturated heterocycles. The molecular weight excluding hydrogens is 288 g/mol. The highest BCUT2D eigenvalue weighted by atomic mass is 32.2.